The average molecular weight is 334 g/mol. The molecule has 0 unspecified atom stereocenters. The Morgan fingerprint density at radius 3 is 1.29 bits per heavy atom. The molecule has 24 heavy (non-hydrogen) atoms. The maximum atomic E-state index is 5.06. The van der Waals surface area contributed by atoms with Gasteiger partial charge < -0.3 is 14.2 Å². The fourth-order valence-electron chi connectivity index (χ4n) is 1.69. The molecule has 2 aromatic rings. The molecule has 0 atom stereocenters. The van der Waals surface area contributed by atoms with Crippen molar-refractivity contribution in [2.24, 2.45) is 0 Å². The summed E-state index contributed by atoms with van der Waals surface area (Å²) in [5.74, 6) is 2.60. The first-order chi connectivity index (χ1) is 11.6. The lowest BCUT2D eigenvalue weighted by atomic mass is 10.2. The molecular formula is C21H34O3. The predicted octanol–water partition coefficient (Wildman–Crippen LogP) is 6.07. The van der Waals surface area contributed by atoms with Gasteiger partial charge in [0.2, 0.25) is 0 Å². The smallest absolute Gasteiger partial charge is 0.122 e. The van der Waals surface area contributed by atoms with Crippen molar-refractivity contribution in [2.75, 3.05) is 21.3 Å². The molecule has 0 fully saturated rings. The summed E-state index contributed by atoms with van der Waals surface area (Å²) < 4.78 is 15.1. The third kappa shape index (κ3) is 10.5. The summed E-state index contributed by atoms with van der Waals surface area (Å²) in [6.07, 6.45) is 0. The molecule has 0 N–H and O–H groups in total. The monoisotopic (exact) mass is 334 g/mol. The lowest BCUT2D eigenvalue weighted by Crippen LogP contribution is -1.87. The van der Waals surface area contributed by atoms with E-state index in [2.05, 4.69) is 0 Å². The van der Waals surface area contributed by atoms with E-state index in [-0.39, 0.29) is 0 Å². The van der Waals surface area contributed by atoms with Crippen LogP contribution in [0.1, 0.15) is 38.8 Å². The van der Waals surface area contributed by atoms with Crippen molar-refractivity contribution in [3.63, 3.8) is 0 Å². The SMILES string of the molecule is CC.CC.COc1cc(C)cc(OC)c1.COc1cccc(C)c1. The Kier molecular flexibility index (Phi) is 15.8. The van der Waals surface area contributed by atoms with E-state index in [1.54, 1.807) is 21.3 Å². The van der Waals surface area contributed by atoms with Gasteiger partial charge in [0.1, 0.15) is 17.2 Å². The van der Waals surface area contributed by atoms with E-state index in [0.29, 0.717) is 0 Å². The fraction of sp³-hybridized carbons (Fsp3) is 0.429. The molecule has 3 heteroatoms. The normalized spacial score (nSPS) is 8.21. The Labute approximate surface area is 148 Å². The highest BCUT2D eigenvalue weighted by atomic mass is 16.5. The Balaban J connectivity index is 0. The maximum Gasteiger partial charge on any atom is 0.122 e. The van der Waals surface area contributed by atoms with E-state index >= 15 is 0 Å². The second-order valence-corrected chi connectivity index (χ2v) is 4.41. The zero-order valence-electron chi connectivity index (χ0n) is 16.8. The first kappa shape index (κ1) is 24.1. The van der Waals surface area contributed by atoms with Crippen molar-refractivity contribution in [2.45, 2.75) is 41.5 Å². The molecule has 0 saturated heterocycles. The topological polar surface area (TPSA) is 27.7 Å². The summed E-state index contributed by atoms with van der Waals surface area (Å²) >= 11 is 0. The summed E-state index contributed by atoms with van der Waals surface area (Å²) in [5.41, 5.74) is 2.37. The van der Waals surface area contributed by atoms with Crippen molar-refractivity contribution in [1.82, 2.24) is 0 Å². The molecule has 136 valence electrons. The Hall–Kier alpha value is -2.16. The van der Waals surface area contributed by atoms with Crippen LogP contribution < -0.4 is 14.2 Å². The number of rotatable bonds is 3. The summed E-state index contributed by atoms with van der Waals surface area (Å²) in [6.45, 7) is 12.0. The van der Waals surface area contributed by atoms with E-state index < -0.39 is 0 Å². The van der Waals surface area contributed by atoms with Crippen LogP contribution in [0.5, 0.6) is 17.2 Å². The highest BCUT2D eigenvalue weighted by Gasteiger charge is 1.96. The summed E-state index contributed by atoms with van der Waals surface area (Å²) in [5, 5.41) is 0. The van der Waals surface area contributed by atoms with Crippen molar-refractivity contribution >= 4 is 0 Å². The Morgan fingerprint density at radius 1 is 0.542 bits per heavy atom. The van der Waals surface area contributed by atoms with Crippen LogP contribution in [0, 0.1) is 13.8 Å². The number of benzene rings is 2. The van der Waals surface area contributed by atoms with Crippen LogP contribution in [-0.4, -0.2) is 21.3 Å². The molecule has 0 aliphatic heterocycles. The van der Waals surface area contributed by atoms with Gasteiger partial charge in [-0.1, -0.05) is 39.8 Å². The molecule has 0 aliphatic rings. The molecule has 0 aliphatic carbocycles. The molecular weight excluding hydrogens is 300 g/mol. The summed E-state index contributed by atoms with van der Waals surface area (Å²) in [4.78, 5) is 0. The second kappa shape index (κ2) is 15.7. The third-order valence-electron chi connectivity index (χ3n) is 2.72. The lowest BCUT2D eigenvalue weighted by Gasteiger charge is -2.04. The first-order valence-electron chi connectivity index (χ1n) is 8.39. The van der Waals surface area contributed by atoms with E-state index in [0.717, 1.165) is 22.8 Å². The van der Waals surface area contributed by atoms with E-state index in [4.69, 9.17) is 14.2 Å². The number of methoxy groups -OCH3 is 3. The van der Waals surface area contributed by atoms with Gasteiger partial charge >= 0.3 is 0 Å². The minimum atomic E-state index is 0.835. The molecule has 0 bridgehead atoms. The number of aryl methyl sites for hydroxylation is 2. The largest absolute Gasteiger partial charge is 0.497 e. The van der Waals surface area contributed by atoms with Gasteiger partial charge in [-0.15, -0.1) is 0 Å². The Morgan fingerprint density at radius 2 is 0.958 bits per heavy atom. The minimum absolute atomic E-state index is 0.835. The molecule has 0 heterocycles. The van der Waals surface area contributed by atoms with E-state index in [1.165, 1.54) is 5.56 Å². The van der Waals surface area contributed by atoms with Gasteiger partial charge in [0.15, 0.2) is 0 Å². The average Bonchev–Trinajstić information content (AvgIpc) is 2.65. The van der Waals surface area contributed by atoms with Gasteiger partial charge in [-0.05, 0) is 49.2 Å². The molecule has 0 spiro atoms. The van der Waals surface area contributed by atoms with Gasteiger partial charge in [-0.2, -0.15) is 0 Å². The molecule has 2 rings (SSSR count). The highest BCUT2D eigenvalue weighted by Crippen LogP contribution is 2.21. The Bertz CT molecular complexity index is 514. The molecule has 0 radical (unpaired) electrons. The van der Waals surface area contributed by atoms with Gasteiger partial charge in [0.25, 0.3) is 0 Å². The van der Waals surface area contributed by atoms with Gasteiger partial charge in [-0.3, -0.25) is 0 Å². The maximum absolute atomic E-state index is 5.06. The quantitative estimate of drug-likeness (QED) is 0.682. The molecule has 2 aromatic carbocycles. The lowest BCUT2D eigenvalue weighted by molar-refractivity contribution is 0.394. The van der Waals surface area contributed by atoms with Crippen LogP contribution in [0.25, 0.3) is 0 Å². The number of ether oxygens (including phenoxy) is 3. The van der Waals surface area contributed by atoms with Crippen molar-refractivity contribution in [3.05, 3.63) is 53.6 Å². The molecule has 0 saturated carbocycles. The van der Waals surface area contributed by atoms with Crippen molar-refractivity contribution in [3.8, 4) is 17.2 Å². The molecule has 0 amide bonds. The third-order valence-corrected chi connectivity index (χ3v) is 2.72. The predicted molar refractivity (Wildman–Crippen MR) is 105 cm³/mol. The van der Waals surface area contributed by atoms with Gasteiger partial charge in [0, 0.05) is 6.07 Å². The molecule has 0 aromatic heterocycles. The zero-order valence-corrected chi connectivity index (χ0v) is 16.8. The molecule has 3 nitrogen and oxygen atoms in total. The van der Waals surface area contributed by atoms with Crippen molar-refractivity contribution < 1.29 is 14.2 Å². The van der Waals surface area contributed by atoms with Crippen LogP contribution in [0.2, 0.25) is 0 Å². The summed E-state index contributed by atoms with van der Waals surface area (Å²) in [6, 6.07) is 13.7. The van der Waals surface area contributed by atoms with Crippen LogP contribution in [0.15, 0.2) is 42.5 Å². The van der Waals surface area contributed by atoms with E-state index in [1.807, 2.05) is 84.0 Å². The van der Waals surface area contributed by atoms with Gasteiger partial charge in [0.05, 0.1) is 21.3 Å². The summed E-state index contributed by atoms with van der Waals surface area (Å²) in [7, 11) is 4.97. The van der Waals surface area contributed by atoms with Crippen LogP contribution >= 0.6 is 0 Å². The minimum Gasteiger partial charge on any atom is -0.497 e. The van der Waals surface area contributed by atoms with Crippen LogP contribution in [0.3, 0.4) is 0 Å². The first-order valence-corrected chi connectivity index (χ1v) is 8.39. The van der Waals surface area contributed by atoms with Crippen LogP contribution in [-0.2, 0) is 0 Å². The second-order valence-electron chi connectivity index (χ2n) is 4.41. The van der Waals surface area contributed by atoms with Crippen molar-refractivity contribution in [1.29, 1.82) is 0 Å². The van der Waals surface area contributed by atoms with E-state index in [9.17, 15) is 0 Å². The number of hydrogen-bond donors (Lipinski definition) is 0. The number of hydrogen-bond acceptors (Lipinski definition) is 3. The highest BCUT2D eigenvalue weighted by molar-refractivity contribution is 5.37. The fourth-order valence-corrected chi connectivity index (χ4v) is 1.69. The van der Waals surface area contributed by atoms with Crippen LogP contribution in [0.4, 0.5) is 0 Å². The standard InChI is InChI=1S/C9H12O2.C8H10O.2C2H6/c1-7-4-8(10-2)6-9(5-7)11-3;1-7-4-3-5-8(6-7)9-2;2*1-2/h4-6H,1-3H3;3-6H,1-2H3;2*1-2H3. The van der Waals surface area contributed by atoms with Gasteiger partial charge in [-0.25, -0.2) is 0 Å². The zero-order chi connectivity index (χ0) is 19.0.